The van der Waals surface area contributed by atoms with Crippen molar-refractivity contribution in [1.29, 1.82) is 0 Å². The van der Waals surface area contributed by atoms with E-state index in [1.54, 1.807) is 12.3 Å². The van der Waals surface area contributed by atoms with E-state index in [1.165, 1.54) is 4.57 Å². The molecular formula is C8H8BrN3O. The van der Waals surface area contributed by atoms with Crippen LogP contribution < -0.4 is 5.69 Å². The molecule has 2 rings (SSSR count). The zero-order valence-electron chi connectivity index (χ0n) is 6.99. The number of hydrogen-bond donors (Lipinski definition) is 1. The minimum Gasteiger partial charge on any atom is -0.251 e. The highest BCUT2D eigenvalue weighted by atomic mass is 79.9. The highest BCUT2D eigenvalue weighted by Crippen LogP contribution is 2.23. The third-order valence-corrected chi connectivity index (χ3v) is 2.37. The molecule has 5 heteroatoms. The van der Waals surface area contributed by atoms with Gasteiger partial charge in [0.1, 0.15) is 0 Å². The Hall–Kier alpha value is -1.10. The monoisotopic (exact) mass is 241 g/mol. The van der Waals surface area contributed by atoms with E-state index in [-0.39, 0.29) is 10.0 Å². The predicted molar refractivity (Wildman–Crippen MR) is 54.5 cm³/mol. The lowest BCUT2D eigenvalue weighted by Crippen LogP contribution is -2.12. The van der Waals surface area contributed by atoms with Crippen LogP contribution in [0.4, 0.5) is 0 Å². The van der Waals surface area contributed by atoms with E-state index < -0.39 is 0 Å². The number of alkyl halides is 1. The van der Waals surface area contributed by atoms with Crippen molar-refractivity contribution in [3.05, 3.63) is 28.5 Å². The Morgan fingerprint density at radius 2 is 2.38 bits per heavy atom. The molecule has 0 saturated carbocycles. The summed E-state index contributed by atoms with van der Waals surface area (Å²) in [5, 5.41) is 6.22. The van der Waals surface area contributed by atoms with Crippen LogP contribution in [-0.2, 0) is 0 Å². The van der Waals surface area contributed by atoms with Crippen LogP contribution in [-0.4, -0.2) is 19.1 Å². The van der Waals surface area contributed by atoms with Gasteiger partial charge in [-0.2, -0.15) is 5.10 Å². The highest BCUT2D eigenvalue weighted by molar-refractivity contribution is 9.10. The number of rotatable bonds is 0. The minimum absolute atomic E-state index is 0.208. The summed E-state index contributed by atoms with van der Waals surface area (Å²) in [4.78, 5) is 11.2. The summed E-state index contributed by atoms with van der Waals surface area (Å²) in [5.41, 5.74) is -0.221. The molecular weight excluding hydrogens is 234 g/mol. The second-order valence-electron chi connectivity index (χ2n) is 3.06. The fourth-order valence-corrected chi connectivity index (χ4v) is 1.34. The molecule has 1 atom stereocenters. The summed E-state index contributed by atoms with van der Waals surface area (Å²) in [6.07, 6.45) is 7.32. The van der Waals surface area contributed by atoms with Gasteiger partial charge in [-0.25, -0.2) is 9.89 Å². The fraction of sp³-hybridized carbons (Fsp3) is 0.250. The first-order valence-corrected chi connectivity index (χ1v) is 4.62. The van der Waals surface area contributed by atoms with Crippen molar-refractivity contribution in [2.75, 3.05) is 0 Å². The summed E-state index contributed by atoms with van der Waals surface area (Å²) in [5.74, 6) is 0.615. The van der Waals surface area contributed by atoms with Crippen LogP contribution in [0, 0.1) is 0 Å². The first-order valence-electron chi connectivity index (χ1n) is 3.83. The average molecular weight is 242 g/mol. The molecule has 0 radical (unpaired) electrons. The molecule has 0 spiro atoms. The largest absolute Gasteiger partial charge is 0.347 e. The van der Waals surface area contributed by atoms with Gasteiger partial charge in [-0.15, -0.1) is 0 Å². The van der Waals surface area contributed by atoms with Gasteiger partial charge in [-0.3, -0.25) is 4.57 Å². The number of aromatic amines is 1. The second-order valence-corrected chi connectivity index (χ2v) is 4.77. The third-order valence-electron chi connectivity index (χ3n) is 1.84. The maximum Gasteiger partial charge on any atom is 0.347 e. The Bertz CT molecular complexity index is 438. The average Bonchev–Trinajstić information content (AvgIpc) is 2.32. The van der Waals surface area contributed by atoms with E-state index in [0.29, 0.717) is 5.82 Å². The fourth-order valence-electron chi connectivity index (χ4n) is 1.09. The smallest absolute Gasteiger partial charge is 0.251 e. The van der Waals surface area contributed by atoms with Crippen molar-refractivity contribution in [2.24, 2.45) is 0 Å². The van der Waals surface area contributed by atoms with Crippen LogP contribution >= 0.6 is 15.9 Å². The van der Waals surface area contributed by atoms with Crippen molar-refractivity contribution in [3.63, 3.8) is 0 Å². The van der Waals surface area contributed by atoms with Crippen LogP contribution in [0.5, 0.6) is 0 Å². The van der Waals surface area contributed by atoms with E-state index in [2.05, 4.69) is 26.1 Å². The molecule has 0 aliphatic carbocycles. The van der Waals surface area contributed by atoms with Gasteiger partial charge in [0, 0.05) is 6.20 Å². The summed E-state index contributed by atoms with van der Waals surface area (Å²) in [6.45, 7) is 1.99. The summed E-state index contributed by atoms with van der Waals surface area (Å²) in [7, 11) is 0. The van der Waals surface area contributed by atoms with Crippen molar-refractivity contribution < 1.29 is 0 Å². The molecule has 0 fully saturated rings. The Balaban J connectivity index is 2.61. The first kappa shape index (κ1) is 8.50. The molecule has 1 unspecified atom stereocenters. The Morgan fingerprint density at radius 3 is 3.15 bits per heavy atom. The number of halogens is 1. The number of H-pyrrole nitrogens is 1. The predicted octanol–water partition coefficient (Wildman–Crippen LogP) is 1.22. The van der Waals surface area contributed by atoms with Gasteiger partial charge >= 0.3 is 5.69 Å². The third kappa shape index (κ3) is 1.51. The zero-order valence-corrected chi connectivity index (χ0v) is 8.58. The highest BCUT2D eigenvalue weighted by Gasteiger charge is 2.15. The standard InChI is InChI=1S/C8H8BrN3O/c1-8(9)3-2-6-10-11-7(13)12(6)5-4-8/h2-5H,1H3,(H,11,13). The Morgan fingerprint density at radius 1 is 1.62 bits per heavy atom. The van der Waals surface area contributed by atoms with Crippen LogP contribution in [0.3, 0.4) is 0 Å². The molecule has 1 N–H and O–H groups in total. The normalized spacial score (nSPS) is 25.7. The Labute approximate surface area is 83.1 Å². The molecule has 4 nitrogen and oxygen atoms in total. The quantitative estimate of drug-likeness (QED) is 0.695. The summed E-state index contributed by atoms with van der Waals surface area (Å²) >= 11 is 3.48. The topological polar surface area (TPSA) is 50.7 Å². The summed E-state index contributed by atoms with van der Waals surface area (Å²) < 4.78 is 1.25. The van der Waals surface area contributed by atoms with E-state index in [4.69, 9.17) is 0 Å². The van der Waals surface area contributed by atoms with Gasteiger partial charge in [-0.1, -0.05) is 22.0 Å². The zero-order chi connectivity index (χ0) is 9.47. The molecule has 68 valence electrons. The van der Waals surface area contributed by atoms with Gasteiger partial charge in [0.05, 0.1) is 4.32 Å². The van der Waals surface area contributed by atoms with Crippen LogP contribution in [0.25, 0.3) is 12.3 Å². The van der Waals surface area contributed by atoms with Gasteiger partial charge < -0.3 is 0 Å². The lowest BCUT2D eigenvalue weighted by Gasteiger charge is -2.08. The lowest BCUT2D eigenvalue weighted by atomic mass is 10.2. The van der Waals surface area contributed by atoms with Gasteiger partial charge in [-0.05, 0) is 19.1 Å². The summed E-state index contributed by atoms with van der Waals surface area (Å²) in [6, 6.07) is 0. The molecule has 1 aromatic rings. The van der Waals surface area contributed by atoms with Gasteiger partial charge in [0.2, 0.25) is 0 Å². The van der Waals surface area contributed by atoms with Crippen LogP contribution in [0.1, 0.15) is 12.7 Å². The number of fused-ring (bicyclic) bond motifs is 1. The molecule has 0 aromatic carbocycles. The molecule has 1 aromatic heterocycles. The van der Waals surface area contributed by atoms with Crippen molar-refractivity contribution in [3.8, 4) is 0 Å². The molecule has 0 amide bonds. The molecule has 0 saturated heterocycles. The number of nitrogens with one attached hydrogen (secondary N) is 1. The van der Waals surface area contributed by atoms with Gasteiger partial charge in [0.15, 0.2) is 5.82 Å². The van der Waals surface area contributed by atoms with E-state index in [1.807, 2.05) is 19.1 Å². The van der Waals surface area contributed by atoms with Crippen molar-refractivity contribution in [2.45, 2.75) is 11.2 Å². The van der Waals surface area contributed by atoms with Crippen LogP contribution in [0.2, 0.25) is 0 Å². The van der Waals surface area contributed by atoms with Crippen LogP contribution in [0.15, 0.2) is 16.9 Å². The van der Waals surface area contributed by atoms with Crippen molar-refractivity contribution >= 4 is 28.2 Å². The number of aromatic nitrogens is 3. The van der Waals surface area contributed by atoms with Crippen molar-refractivity contribution in [1.82, 2.24) is 14.8 Å². The van der Waals surface area contributed by atoms with E-state index >= 15 is 0 Å². The number of allylic oxidation sites excluding steroid dienone is 2. The molecule has 13 heavy (non-hydrogen) atoms. The first-order chi connectivity index (χ1) is 6.08. The lowest BCUT2D eigenvalue weighted by molar-refractivity contribution is 1.00. The molecule has 1 aliphatic heterocycles. The maximum absolute atomic E-state index is 11.2. The number of nitrogens with zero attached hydrogens (tertiary/aromatic N) is 2. The molecule has 0 bridgehead atoms. The minimum atomic E-state index is -0.221. The maximum atomic E-state index is 11.2. The van der Waals surface area contributed by atoms with Gasteiger partial charge in [0.25, 0.3) is 0 Å². The van der Waals surface area contributed by atoms with E-state index in [9.17, 15) is 4.79 Å². The SMILES string of the molecule is CC1(Br)C=Cc2n[nH]c(=O)n2C=C1. The molecule has 1 aliphatic rings. The van der Waals surface area contributed by atoms with E-state index in [0.717, 1.165) is 0 Å². The Kier molecular flexibility index (Phi) is 1.76. The molecule has 2 heterocycles. The second kappa shape index (κ2) is 2.70. The number of hydrogen-bond acceptors (Lipinski definition) is 2.